The Hall–Kier alpha value is -0.540. The molecule has 0 saturated carbocycles. The molecule has 0 unspecified atom stereocenters. The molecular formula is C7H8ClNOS. The molecule has 2 N–H and O–H groups in total. The molecule has 0 bridgehead atoms. The van der Waals surface area contributed by atoms with Crippen LogP contribution in [0, 0.1) is 0 Å². The topological polar surface area (TPSA) is 43.1 Å². The summed E-state index contributed by atoms with van der Waals surface area (Å²) in [5, 5.41) is 0.566. The zero-order valence-corrected chi connectivity index (χ0v) is 7.58. The molecule has 60 valence electrons. The van der Waals surface area contributed by atoms with Gasteiger partial charge in [-0.2, -0.15) is 0 Å². The Labute approximate surface area is 72.8 Å². The van der Waals surface area contributed by atoms with Crippen LogP contribution in [0.1, 0.15) is 0 Å². The summed E-state index contributed by atoms with van der Waals surface area (Å²) in [6, 6.07) is 4.95. The van der Waals surface area contributed by atoms with Gasteiger partial charge >= 0.3 is 0 Å². The standard InChI is InChI=1S/C7H8ClNOS/c1-11(10)7-3-2-5(8)4-6(7)9/h2-4H,9H2,1H3/t11-/m1/s1. The average molecular weight is 190 g/mol. The Morgan fingerprint density at radius 3 is 2.64 bits per heavy atom. The monoisotopic (exact) mass is 189 g/mol. The molecule has 0 saturated heterocycles. The molecular weight excluding hydrogens is 182 g/mol. The number of rotatable bonds is 1. The second kappa shape index (κ2) is 3.24. The number of nitrogen functional groups attached to an aromatic ring is 1. The summed E-state index contributed by atoms with van der Waals surface area (Å²) < 4.78 is 11.0. The van der Waals surface area contributed by atoms with E-state index in [-0.39, 0.29) is 0 Å². The molecule has 0 radical (unpaired) electrons. The third kappa shape index (κ3) is 1.94. The first-order chi connectivity index (χ1) is 5.11. The van der Waals surface area contributed by atoms with Crippen molar-refractivity contribution in [2.45, 2.75) is 4.90 Å². The third-order valence-electron chi connectivity index (χ3n) is 1.28. The Kier molecular flexibility index (Phi) is 2.52. The van der Waals surface area contributed by atoms with Gasteiger partial charge in [-0.05, 0) is 18.2 Å². The number of hydrogen-bond acceptors (Lipinski definition) is 2. The van der Waals surface area contributed by atoms with E-state index in [0.717, 1.165) is 0 Å². The first kappa shape index (κ1) is 8.56. The van der Waals surface area contributed by atoms with E-state index >= 15 is 0 Å². The van der Waals surface area contributed by atoms with Crippen LogP contribution in [0.25, 0.3) is 0 Å². The molecule has 1 rings (SSSR count). The number of hydrogen-bond donors (Lipinski definition) is 1. The van der Waals surface area contributed by atoms with Gasteiger partial charge in [0.1, 0.15) is 0 Å². The summed E-state index contributed by atoms with van der Waals surface area (Å²) in [5.74, 6) is 0. The quantitative estimate of drug-likeness (QED) is 0.683. The molecule has 0 heterocycles. The summed E-state index contributed by atoms with van der Waals surface area (Å²) in [6.07, 6.45) is 1.58. The molecule has 11 heavy (non-hydrogen) atoms. The lowest BCUT2D eigenvalue weighted by atomic mass is 10.3. The van der Waals surface area contributed by atoms with E-state index in [1.54, 1.807) is 24.5 Å². The van der Waals surface area contributed by atoms with E-state index in [2.05, 4.69) is 0 Å². The summed E-state index contributed by atoms with van der Waals surface area (Å²) in [6.45, 7) is 0. The molecule has 0 aliphatic carbocycles. The molecule has 0 aromatic heterocycles. The maximum absolute atomic E-state index is 11.0. The predicted octanol–water partition coefficient (Wildman–Crippen LogP) is 1.66. The normalized spacial score (nSPS) is 12.9. The average Bonchev–Trinajstić information content (AvgIpc) is 1.85. The van der Waals surface area contributed by atoms with Crippen LogP contribution in [0.4, 0.5) is 5.69 Å². The van der Waals surface area contributed by atoms with Crippen LogP contribution in [0.5, 0.6) is 0 Å². The minimum Gasteiger partial charge on any atom is -0.398 e. The highest BCUT2D eigenvalue weighted by Gasteiger charge is 2.02. The Balaban J connectivity index is 3.20. The summed E-state index contributed by atoms with van der Waals surface area (Å²) >= 11 is 5.64. The summed E-state index contributed by atoms with van der Waals surface area (Å²) in [5.41, 5.74) is 6.03. The number of halogens is 1. The Morgan fingerprint density at radius 2 is 2.18 bits per heavy atom. The highest BCUT2D eigenvalue weighted by molar-refractivity contribution is 7.84. The maximum atomic E-state index is 11.0. The van der Waals surface area contributed by atoms with Crippen molar-refractivity contribution in [2.75, 3.05) is 12.0 Å². The van der Waals surface area contributed by atoms with Crippen molar-refractivity contribution in [2.24, 2.45) is 0 Å². The first-order valence-electron chi connectivity index (χ1n) is 2.99. The fraction of sp³-hybridized carbons (Fsp3) is 0.143. The van der Waals surface area contributed by atoms with Crippen LogP contribution in [0.3, 0.4) is 0 Å². The van der Waals surface area contributed by atoms with Gasteiger partial charge in [-0.25, -0.2) is 0 Å². The van der Waals surface area contributed by atoms with Crippen LogP contribution < -0.4 is 5.73 Å². The molecule has 0 spiro atoms. The highest BCUT2D eigenvalue weighted by atomic mass is 35.5. The van der Waals surface area contributed by atoms with Crippen molar-refractivity contribution >= 4 is 28.1 Å². The van der Waals surface area contributed by atoms with Gasteiger partial charge in [0.05, 0.1) is 15.7 Å². The van der Waals surface area contributed by atoms with Gasteiger partial charge in [0.25, 0.3) is 0 Å². The van der Waals surface area contributed by atoms with E-state index in [9.17, 15) is 4.21 Å². The van der Waals surface area contributed by atoms with Crippen molar-refractivity contribution in [1.82, 2.24) is 0 Å². The fourth-order valence-corrected chi connectivity index (χ4v) is 1.61. The van der Waals surface area contributed by atoms with Crippen LogP contribution in [-0.4, -0.2) is 10.5 Å². The molecule has 0 aliphatic rings. The minimum atomic E-state index is -1.03. The first-order valence-corrected chi connectivity index (χ1v) is 4.93. The minimum absolute atomic E-state index is 0.485. The van der Waals surface area contributed by atoms with E-state index in [4.69, 9.17) is 17.3 Å². The van der Waals surface area contributed by atoms with E-state index < -0.39 is 10.8 Å². The van der Waals surface area contributed by atoms with Gasteiger partial charge in [-0.15, -0.1) is 0 Å². The largest absolute Gasteiger partial charge is 0.398 e. The zero-order chi connectivity index (χ0) is 8.43. The van der Waals surface area contributed by atoms with Gasteiger partial charge in [-0.1, -0.05) is 11.6 Å². The van der Waals surface area contributed by atoms with Crippen LogP contribution in [0.15, 0.2) is 23.1 Å². The summed E-state index contributed by atoms with van der Waals surface area (Å²) in [4.78, 5) is 0.634. The summed E-state index contributed by atoms with van der Waals surface area (Å²) in [7, 11) is -1.03. The van der Waals surface area contributed by atoms with Gasteiger partial charge in [0.2, 0.25) is 0 Å². The van der Waals surface area contributed by atoms with E-state index in [0.29, 0.717) is 15.6 Å². The molecule has 0 amide bonds. The fourth-order valence-electron chi connectivity index (χ4n) is 0.781. The number of anilines is 1. The van der Waals surface area contributed by atoms with Gasteiger partial charge in [-0.3, -0.25) is 4.21 Å². The Bertz CT molecular complexity index is 300. The van der Waals surface area contributed by atoms with Crippen molar-refractivity contribution in [3.8, 4) is 0 Å². The van der Waals surface area contributed by atoms with Crippen molar-refractivity contribution in [1.29, 1.82) is 0 Å². The molecule has 1 aromatic rings. The van der Waals surface area contributed by atoms with Gasteiger partial charge < -0.3 is 5.73 Å². The van der Waals surface area contributed by atoms with Crippen LogP contribution in [-0.2, 0) is 10.8 Å². The van der Waals surface area contributed by atoms with Crippen molar-refractivity contribution in [3.63, 3.8) is 0 Å². The zero-order valence-electron chi connectivity index (χ0n) is 6.00. The molecule has 2 nitrogen and oxygen atoms in total. The van der Waals surface area contributed by atoms with Crippen LogP contribution in [0.2, 0.25) is 5.02 Å². The molecule has 0 aliphatic heterocycles. The molecule has 4 heteroatoms. The van der Waals surface area contributed by atoms with Crippen LogP contribution >= 0.6 is 11.6 Å². The smallest absolute Gasteiger partial charge is 0.0615 e. The molecule has 0 fully saturated rings. The third-order valence-corrected chi connectivity index (χ3v) is 2.51. The Morgan fingerprint density at radius 1 is 1.55 bits per heavy atom. The second-order valence-corrected chi connectivity index (χ2v) is 3.92. The molecule has 1 atom stereocenters. The lowest BCUT2D eigenvalue weighted by molar-refractivity contribution is 0.687. The SMILES string of the molecule is C[S@@](=O)c1ccc(Cl)cc1N. The maximum Gasteiger partial charge on any atom is 0.0615 e. The lowest BCUT2D eigenvalue weighted by Gasteiger charge is -2.00. The van der Waals surface area contributed by atoms with Crippen molar-refractivity contribution in [3.05, 3.63) is 23.2 Å². The van der Waals surface area contributed by atoms with E-state index in [1.165, 1.54) is 0 Å². The number of nitrogens with two attached hydrogens (primary N) is 1. The lowest BCUT2D eigenvalue weighted by Crippen LogP contribution is -1.95. The second-order valence-electron chi connectivity index (χ2n) is 2.14. The number of benzene rings is 1. The van der Waals surface area contributed by atoms with Gasteiger partial charge in [0.15, 0.2) is 0 Å². The van der Waals surface area contributed by atoms with Crippen molar-refractivity contribution < 1.29 is 4.21 Å². The van der Waals surface area contributed by atoms with E-state index in [1.807, 2.05) is 0 Å². The predicted molar refractivity (Wildman–Crippen MR) is 48.2 cm³/mol. The van der Waals surface area contributed by atoms with Gasteiger partial charge in [0, 0.05) is 17.0 Å². The highest BCUT2D eigenvalue weighted by Crippen LogP contribution is 2.19. The molecule has 1 aromatic carbocycles.